The van der Waals surface area contributed by atoms with Gasteiger partial charge in [-0.2, -0.15) is 0 Å². The molecule has 0 heterocycles. The molecule has 0 bridgehead atoms. The van der Waals surface area contributed by atoms with Gasteiger partial charge in [0.1, 0.15) is 0 Å². The van der Waals surface area contributed by atoms with Gasteiger partial charge < -0.3 is 5.32 Å². The van der Waals surface area contributed by atoms with Crippen LogP contribution < -0.4 is 9.55 Å². The van der Waals surface area contributed by atoms with Crippen molar-refractivity contribution >= 4 is 22.0 Å². The second-order valence-electron chi connectivity index (χ2n) is 2.61. The van der Waals surface area contributed by atoms with Gasteiger partial charge in [0.05, 0.1) is 0 Å². The number of hydrogen-bond donors (Lipinski definition) is 1. The zero-order valence-electron chi connectivity index (χ0n) is 8.30. The van der Waals surface area contributed by atoms with Gasteiger partial charge in [0.25, 0.3) is 0 Å². The molecule has 62 valence electrons. The normalized spacial score (nSPS) is 8.67. The molecule has 0 saturated heterocycles. The Bertz CT molecular complexity index is 172. The van der Waals surface area contributed by atoms with Crippen LogP contribution in [0.25, 0.3) is 0 Å². The fraction of sp³-hybridized carbons (Fsp3) is 0.400. The van der Waals surface area contributed by atoms with Crippen molar-refractivity contribution in [2.24, 2.45) is 0 Å². The van der Waals surface area contributed by atoms with E-state index in [1.165, 1.54) is 4.24 Å². The molecule has 1 aromatic carbocycles. The minimum absolute atomic E-state index is 1.09. The van der Waals surface area contributed by atoms with Gasteiger partial charge in [-0.1, -0.05) is 13.8 Å². The van der Waals surface area contributed by atoms with E-state index < -0.39 is 0 Å². The summed E-state index contributed by atoms with van der Waals surface area (Å²) in [5, 5.41) is 3.11. The Balaban J connectivity index is 0.000000217. The predicted octanol–water partition coefficient (Wildman–Crippen LogP) is 1.10. The van der Waals surface area contributed by atoms with Crippen molar-refractivity contribution in [3.63, 3.8) is 0 Å². The molecule has 0 amide bonds. The molecule has 0 fully saturated rings. The van der Waals surface area contributed by atoms with Crippen LogP contribution in [-0.4, -0.2) is 30.8 Å². The van der Waals surface area contributed by atoms with Crippen molar-refractivity contribution in [1.82, 2.24) is 5.32 Å². The van der Waals surface area contributed by atoms with E-state index in [4.69, 9.17) is 0 Å². The Hall–Kier alpha value is -0.223. The summed E-state index contributed by atoms with van der Waals surface area (Å²) in [6.07, 6.45) is 0. The van der Waals surface area contributed by atoms with Crippen LogP contribution in [0.1, 0.15) is 13.8 Å². The van der Waals surface area contributed by atoms with Gasteiger partial charge in [0.2, 0.25) is 0 Å². The van der Waals surface area contributed by atoms with Crippen molar-refractivity contribution in [1.29, 1.82) is 0 Å². The first kappa shape index (κ1) is 11.8. The molecule has 0 aromatic heterocycles. The van der Waals surface area contributed by atoms with Crippen molar-refractivity contribution in [3.05, 3.63) is 30.3 Å². The van der Waals surface area contributed by atoms with E-state index in [1.807, 2.05) is 18.2 Å². The average Bonchev–Trinajstić information content (AvgIpc) is 2.08. The molecule has 0 spiro atoms. The first-order valence-electron chi connectivity index (χ1n) is 4.53. The molecule has 0 aliphatic heterocycles. The number of rotatable bonds is 2. The van der Waals surface area contributed by atoms with Gasteiger partial charge in [-0.05, 0) is 13.1 Å². The molecular weight excluding hydrogens is 141 g/mol. The summed E-state index contributed by atoms with van der Waals surface area (Å²) in [4.78, 5) is 0. The fourth-order valence-corrected chi connectivity index (χ4v) is 0.784. The average molecular weight is 157 g/mol. The molecule has 0 radical (unpaired) electrons. The van der Waals surface area contributed by atoms with Gasteiger partial charge in [0.15, 0.2) is 0 Å². The van der Waals surface area contributed by atoms with Gasteiger partial charge in [-0.25, -0.2) is 0 Å². The Morgan fingerprint density at radius 1 is 1.08 bits per heavy atom. The van der Waals surface area contributed by atoms with Crippen LogP contribution in [0, 0.1) is 0 Å². The molecule has 0 aliphatic rings. The second-order valence-corrected chi connectivity index (χ2v) is 2.61. The van der Waals surface area contributed by atoms with Gasteiger partial charge >= 0.3 is 52.3 Å². The van der Waals surface area contributed by atoms with Crippen LogP contribution in [0.4, 0.5) is 0 Å². The molecule has 1 aromatic rings. The monoisotopic (exact) mass is 157 g/mol. The fourth-order valence-electron chi connectivity index (χ4n) is 0.784. The molecule has 0 aliphatic carbocycles. The number of benzene rings is 1. The van der Waals surface area contributed by atoms with Crippen LogP contribution >= 0.6 is 0 Å². The second kappa shape index (κ2) is 8.87. The molecule has 1 rings (SSSR count). The predicted molar refractivity (Wildman–Crippen MR) is 56.0 cm³/mol. The van der Waals surface area contributed by atoms with E-state index >= 15 is 0 Å². The van der Waals surface area contributed by atoms with Gasteiger partial charge in [-0.15, -0.1) is 0 Å². The van der Waals surface area contributed by atoms with E-state index in [0.29, 0.717) is 0 Å². The summed E-state index contributed by atoms with van der Waals surface area (Å²) in [6, 6.07) is 10.3. The third-order valence-corrected chi connectivity index (χ3v) is 1.44. The van der Waals surface area contributed by atoms with E-state index in [9.17, 15) is 0 Å². The van der Waals surface area contributed by atoms with Crippen LogP contribution in [0.2, 0.25) is 0 Å². The first-order valence-corrected chi connectivity index (χ1v) is 4.53. The SMILES string of the molecule is CCNCC.[Li][c]1ccccc1. The molecule has 0 unspecified atom stereocenters. The Labute approximate surface area is 84.8 Å². The zero-order valence-corrected chi connectivity index (χ0v) is 8.30. The number of hydrogen-bond acceptors (Lipinski definition) is 1. The van der Waals surface area contributed by atoms with Gasteiger partial charge in [0, 0.05) is 0 Å². The Morgan fingerprint density at radius 2 is 1.58 bits per heavy atom. The van der Waals surface area contributed by atoms with Crippen molar-refractivity contribution in [2.75, 3.05) is 13.1 Å². The summed E-state index contributed by atoms with van der Waals surface area (Å²) in [7, 11) is 0. The van der Waals surface area contributed by atoms with E-state index in [2.05, 4.69) is 49.0 Å². The summed E-state index contributed by atoms with van der Waals surface area (Å²) < 4.78 is 1.32. The van der Waals surface area contributed by atoms with E-state index in [1.54, 1.807) is 0 Å². The summed E-state index contributed by atoms with van der Waals surface area (Å²) >= 11 is 2.08. The Morgan fingerprint density at radius 3 is 1.75 bits per heavy atom. The van der Waals surface area contributed by atoms with Crippen LogP contribution in [-0.2, 0) is 0 Å². The molecule has 0 atom stereocenters. The molecule has 1 N–H and O–H groups in total. The van der Waals surface area contributed by atoms with Crippen LogP contribution in [0.3, 0.4) is 0 Å². The standard InChI is InChI=1S/C6H5.C4H11N.Li/c1-2-4-6-5-3-1;1-3-5-4-2;/h1-5H;5H,3-4H2,1-2H3;. The minimum atomic E-state index is 1.09. The van der Waals surface area contributed by atoms with Gasteiger partial charge in [-0.3, -0.25) is 0 Å². The maximum atomic E-state index is 3.11. The molecule has 0 saturated carbocycles. The topological polar surface area (TPSA) is 12.0 Å². The molecule has 12 heavy (non-hydrogen) atoms. The van der Waals surface area contributed by atoms with Crippen LogP contribution in [0.5, 0.6) is 0 Å². The van der Waals surface area contributed by atoms with Crippen molar-refractivity contribution in [2.45, 2.75) is 13.8 Å². The molecule has 1 nitrogen and oxygen atoms in total. The maximum absolute atomic E-state index is 3.11. The van der Waals surface area contributed by atoms with E-state index in [-0.39, 0.29) is 0 Å². The van der Waals surface area contributed by atoms with Crippen LogP contribution in [0.15, 0.2) is 30.3 Å². The third kappa shape index (κ3) is 7.88. The first-order chi connectivity index (χ1) is 5.81. The quantitative estimate of drug-likeness (QED) is 0.634. The third-order valence-electron chi connectivity index (χ3n) is 1.44. The molecular formula is C10H16LiN. The zero-order chi connectivity index (χ0) is 9.23. The van der Waals surface area contributed by atoms with E-state index in [0.717, 1.165) is 13.1 Å². The summed E-state index contributed by atoms with van der Waals surface area (Å²) in [5.74, 6) is 0. The summed E-state index contributed by atoms with van der Waals surface area (Å²) in [5.41, 5.74) is 0. The van der Waals surface area contributed by atoms with Crippen molar-refractivity contribution in [3.8, 4) is 0 Å². The van der Waals surface area contributed by atoms with Crippen molar-refractivity contribution < 1.29 is 0 Å². The summed E-state index contributed by atoms with van der Waals surface area (Å²) in [6.45, 7) is 6.39. The Kier molecular flexibility index (Phi) is 8.71. The number of nitrogens with one attached hydrogen (secondary N) is 1. The molecule has 2 heteroatoms.